The molecule has 1 aliphatic heterocycles. The first kappa shape index (κ1) is 11.9. The summed E-state index contributed by atoms with van der Waals surface area (Å²) >= 11 is 3.46. The first-order valence-electron chi connectivity index (χ1n) is 4.11. The molecule has 0 spiro atoms. The monoisotopic (exact) mass is 285 g/mol. The summed E-state index contributed by atoms with van der Waals surface area (Å²) in [5.41, 5.74) is 0. The average Bonchev–Trinajstić information content (AvgIpc) is 1.88. The Labute approximate surface area is 88.4 Å². The van der Waals surface area contributed by atoms with Crippen molar-refractivity contribution in [1.82, 2.24) is 4.90 Å². The van der Waals surface area contributed by atoms with Crippen LogP contribution in [0.2, 0.25) is 0 Å². The number of alkyl halides is 1. The Hall–Kier alpha value is 0.920. The summed E-state index contributed by atoms with van der Waals surface area (Å²) in [6.07, 6.45) is 2.83. The summed E-state index contributed by atoms with van der Waals surface area (Å²) in [5.74, 6) is 0.924. The first-order chi connectivity index (χ1) is 4.83. The van der Waals surface area contributed by atoms with E-state index >= 15 is 0 Å². The zero-order valence-electron chi connectivity index (χ0n) is 7.05. The minimum atomic E-state index is 0. The third kappa shape index (κ3) is 4.48. The van der Waals surface area contributed by atoms with Crippen LogP contribution in [0.25, 0.3) is 0 Å². The lowest BCUT2D eigenvalue weighted by Crippen LogP contribution is -2.35. The van der Waals surface area contributed by atoms with Crippen molar-refractivity contribution in [2.24, 2.45) is 5.92 Å². The molecule has 0 saturated carbocycles. The molecule has 1 aliphatic rings. The van der Waals surface area contributed by atoms with Crippen LogP contribution in [0, 0.1) is 5.92 Å². The van der Waals surface area contributed by atoms with Gasteiger partial charge in [-0.15, -0.1) is 17.0 Å². The molecule has 1 unspecified atom stereocenters. The molecule has 11 heavy (non-hydrogen) atoms. The summed E-state index contributed by atoms with van der Waals surface area (Å²) in [6.45, 7) is 6.20. The van der Waals surface area contributed by atoms with Crippen molar-refractivity contribution in [3.8, 4) is 0 Å². The van der Waals surface area contributed by atoms with E-state index in [0.29, 0.717) is 0 Å². The molecule has 0 N–H and O–H groups in total. The predicted molar refractivity (Wildman–Crippen MR) is 59.0 cm³/mol. The number of nitrogens with zero attached hydrogens (tertiary/aromatic N) is 1. The molecule has 1 rings (SSSR count). The van der Waals surface area contributed by atoms with Gasteiger partial charge in [0, 0.05) is 18.4 Å². The highest BCUT2D eigenvalue weighted by Crippen LogP contribution is 2.14. The third-order valence-corrected chi connectivity index (χ3v) is 2.50. The maximum Gasteiger partial charge on any atom is 0.0159 e. The van der Waals surface area contributed by atoms with E-state index < -0.39 is 0 Å². The molecule has 0 radical (unpaired) electrons. The van der Waals surface area contributed by atoms with Crippen molar-refractivity contribution >= 4 is 32.9 Å². The Balaban J connectivity index is 0.000001000. The van der Waals surface area contributed by atoms with Crippen molar-refractivity contribution in [1.29, 1.82) is 0 Å². The van der Waals surface area contributed by atoms with Crippen LogP contribution in [0.4, 0.5) is 0 Å². The number of piperidine rings is 1. The second-order valence-corrected chi connectivity index (χ2v) is 4.03. The van der Waals surface area contributed by atoms with Crippen LogP contribution >= 0.6 is 32.9 Å². The Morgan fingerprint density at radius 3 is 2.82 bits per heavy atom. The van der Waals surface area contributed by atoms with Gasteiger partial charge in [0.1, 0.15) is 0 Å². The SMILES string of the molecule is Br.CC1CCCN(CCBr)C1. The fourth-order valence-corrected chi connectivity index (χ4v) is 2.11. The van der Waals surface area contributed by atoms with E-state index in [9.17, 15) is 0 Å². The minimum absolute atomic E-state index is 0. The van der Waals surface area contributed by atoms with Gasteiger partial charge in [-0.05, 0) is 25.3 Å². The van der Waals surface area contributed by atoms with Crippen molar-refractivity contribution in [3.05, 3.63) is 0 Å². The summed E-state index contributed by atoms with van der Waals surface area (Å²) < 4.78 is 0. The smallest absolute Gasteiger partial charge is 0.0159 e. The molecule has 1 fully saturated rings. The lowest BCUT2D eigenvalue weighted by atomic mass is 10.0. The van der Waals surface area contributed by atoms with Crippen LogP contribution in [0.15, 0.2) is 0 Å². The lowest BCUT2D eigenvalue weighted by molar-refractivity contribution is 0.194. The van der Waals surface area contributed by atoms with Crippen LogP contribution in [0.1, 0.15) is 19.8 Å². The molecule has 1 atom stereocenters. The van der Waals surface area contributed by atoms with Gasteiger partial charge in [-0.1, -0.05) is 22.9 Å². The second-order valence-electron chi connectivity index (χ2n) is 3.24. The van der Waals surface area contributed by atoms with E-state index in [1.165, 1.54) is 32.5 Å². The predicted octanol–water partition coefficient (Wildman–Crippen LogP) is 2.69. The van der Waals surface area contributed by atoms with E-state index in [4.69, 9.17) is 0 Å². The van der Waals surface area contributed by atoms with Crippen molar-refractivity contribution in [3.63, 3.8) is 0 Å². The molecule has 0 aliphatic carbocycles. The number of hydrogen-bond acceptors (Lipinski definition) is 1. The number of hydrogen-bond donors (Lipinski definition) is 0. The minimum Gasteiger partial charge on any atom is -0.302 e. The van der Waals surface area contributed by atoms with Crippen molar-refractivity contribution in [2.45, 2.75) is 19.8 Å². The van der Waals surface area contributed by atoms with E-state index in [1.807, 2.05) is 0 Å². The van der Waals surface area contributed by atoms with Gasteiger partial charge < -0.3 is 4.90 Å². The van der Waals surface area contributed by atoms with Gasteiger partial charge in [0.05, 0.1) is 0 Å². The number of likely N-dealkylation sites (tertiary alicyclic amines) is 1. The Bertz CT molecular complexity index is 96.1. The fourth-order valence-electron chi connectivity index (χ4n) is 1.61. The molecule has 3 heteroatoms. The lowest BCUT2D eigenvalue weighted by Gasteiger charge is -2.30. The molecule has 1 saturated heterocycles. The molecule has 68 valence electrons. The topological polar surface area (TPSA) is 3.24 Å². The highest BCUT2D eigenvalue weighted by molar-refractivity contribution is 9.09. The normalized spacial score (nSPS) is 26.2. The molecule has 0 aromatic heterocycles. The second kappa shape index (κ2) is 6.44. The van der Waals surface area contributed by atoms with E-state index in [0.717, 1.165) is 11.2 Å². The van der Waals surface area contributed by atoms with Crippen LogP contribution in [-0.4, -0.2) is 29.9 Å². The first-order valence-corrected chi connectivity index (χ1v) is 5.23. The van der Waals surface area contributed by atoms with E-state index in [2.05, 4.69) is 27.8 Å². The summed E-state index contributed by atoms with van der Waals surface area (Å²) in [4.78, 5) is 2.54. The molecule has 0 aromatic rings. The maximum atomic E-state index is 3.46. The number of rotatable bonds is 2. The van der Waals surface area contributed by atoms with Gasteiger partial charge in [-0.25, -0.2) is 0 Å². The summed E-state index contributed by atoms with van der Waals surface area (Å²) in [7, 11) is 0. The molecular weight excluding hydrogens is 270 g/mol. The summed E-state index contributed by atoms with van der Waals surface area (Å²) in [5, 5.41) is 1.12. The summed E-state index contributed by atoms with van der Waals surface area (Å²) in [6, 6.07) is 0. The third-order valence-electron chi connectivity index (χ3n) is 2.14. The fraction of sp³-hybridized carbons (Fsp3) is 1.00. The largest absolute Gasteiger partial charge is 0.302 e. The molecule has 0 amide bonds. The van der Waals surface area contributed by atoms with Gasteiger partial charge in [0.15, 0.2) is 0 Å². The van der Waals surface area contributed by atoms with Gasteiger partial charge in [-0.3, -0.25) is 0 Å². The van der Waals surface area contributed by atoms with Gasteiger partial charge in [0.25, 0.3) is 0 Å². The van der Waals surface area contributed by atoms with E-state index in [-0.39, 0.29) is 17.0 Å². The van der Waals surface area contributed by atoms with Crippen LogP contribution in [-0.2, 0) is 0 Å². The molecule has 0 aromatic carbocycles. The number of halogens is 2. The average molecular weight is 287 g/mol. The van der Waals surface area contributed by atoms with Gasteiger partial charge >= 0.3 is 0 Å². The van der Waals surface area contributed by atoms with Gasteiger partial charge in [-0.2, -0.15) is 0 Å². The molecule has 1 heterocycles. The standard InChI is InChI=1S/C8H16BrN.BrH/c1-8-3-2-5-10(7-8)6-4-9;/h8H,2-7H2,1H3;1H. The maximum absolute atomic E-state index is 3.46. The Morgan fingerprint density at radius 1 is 1.55 bits per heavy atom. The zero-order valence-corrected chi connectivity index (χ0v) is 10.4. The Morgan fingerprint density at radius 2 is 2.27 bits per heavy atom. The van der Waals surface area contributed by atoms with E-state index in [1.54, 1.807) is 0 Å². The Kier molecular flexibility index (Phi) is 6.98. The van der Waals surface area contributed by atoms with Crippen molar-refractivity contribution < 1.29 is 0 Å². The quantitative estimate of drug-likeness (QED) is 0.706. The molecular formula is C8H17Br2N. The van der Waals surface area contributed by atoms with Gasteiger partial charge in [0.2, 0.25) is 0 Å². The van der Waals surface area contributed by atoms with Crippen LogP contribution < -0.4 is 0 Å². The van der Waals surface area contributed by atoms with Crippen molar-refractivity contribution in [2.75, 3.05) is 25.0 Å². The molecule has 0 bridgehead atoms. The highest BCUT2D eigenvalue weighted by Gasteiger charge is 2.14. The highest BCUT2D eigenvalue weighted by atomic mass is 79.9. The zero-order chi connectivity index (χ0) is 7.40. The van der Waals surface area contributed by atoms with Crippen LogP contribution in [0.3, 0.4) is 0 Å². The molecule has 1 nitrogen and oxygen atoms in total. The van der Waals surface area contributed by atoms with Crippen LogP contribution in [0.5, 0.6) is 0 Å².